The normalized spacial score (nSPS) is 13.2. The van der Waals surface area contributed by atoms with E-state index in [-0.39, 0.29) is 12.4 Å². The maximum atomic E-state index is 12.8. The minimum atomic E-state index is -4.63. The van der Waals surface area contributed by atoms with Gasteiger partial charge in [0.15, 0.2) is 11.5 Å². The molecule has 0 fully saturated rings. The van der Waals surface area contributed by atoms with Gasteiger partial charge in [0.05, 0.1) is 11.2 Å². The number of nitrogens with zero attached hydrogens (tertiary/aromatic N) is 1. The first-order valence-electron chi connectivity index (χ1n) is 7.64. The van der Waals surface area contributed by atoms with Crippen LogP contribution in [0.25, 0.3) is 0 Å². The van der Waals surface area contributed by atoms with Crippen LogP contribution in [0.2, 0.25) is 5.02 Å². The highest BCUT2D eigenvalue weighted by atomic mass is 35.5. The monoisotopic (exact) mass is 418 g/mol. The van der Waals surface area contributed by atoms with Crippen LogP contribution in [-0.2, 0) is 0 Å². The molecule has 1 aliphatic rings. The van der Waals surface area contributed by atoms with Gasteiger partial charge in [0.2, 0.25) is 6.79 Å². The van der Waals surface area contributed by atoms with E-state index in [4.69, 9.17) is 21.1 Å². The van der Waals surface area contributed by atoms with Crippen molar-refractivity contribution in [2.45, 2.75) is 12.5 Å². The van der Waals surface area contributed by atoms with Gasteiger partial charge < -0.3 is 14.2 Å². The third-order valence-corrected chi connectivity index (χ3v) is 3.81. The largest absolute Gasteiger partial charge is 0.461 e. The van der Waals surface area contributed by atoms with E-state index >= 15 is 0 Å². The van der Waals surface area contributed by atoms with E-state index in [0.29, 0.717) is 22.1 Å². The Balaban J connectivity index is 1.62. The van der Waals surface area contributed by atoms with Gasteiger partial charge in [-0.1, -0.05) is 11.6 Å². The van der Waals surface area contributed by atoms with Gasteiger partial charge >= 0.3 is 12.5 Å². The molecule has 0 unspecified atom stereocenters. The zero-order valence-corrected chi connectivity index (χ0v) is 14.6. The van der Waals surface area contributed by atoms with Crippen LogP contribution in [0.5, 0.6) is 17.2 Å². The van der Waals surface area contributed by atoms with E-state index in [0.717, 1.165) is 24.3 Å². The van der Waals surface area contributed by atoms with Crippen LogP contribution in [-0.4, -0.2) is 31.4 Å². The summed E-state index contributed by atoms with van der Waals surface area (Å²) in [6.45, 7) is 0.0753. The standard InChI is InChI=1S/C17H11ClF4N2O4/c18-12-6-14-13(26-8-27-14)5-10(12)7-23-24-15(25)9-1-3-11(4-2-9)28-17(21,22)16(19)20/h1-7,16H,8H2,(H,24,25). The smallest absolute Gasteiger partial charge is 0.454 e. The van der Waals surface area contributed by atoms with Crippen molar-refractivity contribution in [3.05, 3.63) is 52.5 Å². The number of alkyl halides is 4. The minimum absolute atomic E-state index is 0.0432. The summed E-state index contributed by atoms with van der Waals surface area (Å²) in [6, 6.07) is 7.29. The Morgan fingerprint density at radius 3 is 2.50 bits per heavy atom. The Labute approximate surface area is 160 Å². The number of rotatable bonds is 6. The molecule has 0 aliphatic carbocycles. The molecule has 0 bridgehead atoms. The molecule has 0 spiro atoms. The van der Waals surface area contributed by atoms with Crippen molar-refractivity contribution in [2.24, 2.45) is 5.10 Å². The van der Waals surface area contributed by atoms with Gasteiger partial charge in [0.25, 0.3) is 5.91 Å². The van der Waals surface area contributed by atoms with Gasteiger partial charge in [-0.2, -0.15) is 22.7 Å². The molecule has 1 amide bonds. The molecule has 148 valence electrons. The molecule has 2 aromatic rings. The average molecular weight is 419 g/mol. The molecule has 0 atom stereocenters. The Bertz CT molecular complexity index is 907. The van der Waals surface area contributed by atoms with Crippen LogP contribution < -0.4 is 19.6 Å². The van der Waals surface area contributed by atoms with Crippen molar-refractivity contribution in [1.82, 2.24) is 5.43 Å². The Hall–Kier alpha value is -3.01. The first-order chi connectivity index (χ1) is 13.3. The number of carbonyl (C=O) groups excluding carboxylic acids is 1. The lowest BCUT2D eigenvalue weighted by molar-refractivity contribution is -0.253. The summed E-state index contributed by atoms with van der Waals surface area (Å²) in [5.74, 6) is -0.211. The molecule has 11 heteroatoms. The summed E-state index contributed by atoms with van der Waals surface area (Å²) in [5, 5.41) is 4.08. The van der Waals surface area contributed by atoms with Crippen LogP contribution in [0.3, 0.4) is 0 Å². The Kier molecular flexibility index (Phi) is 5.59. The predicted octanol–water partition coefficient (Wildman–Crippen LogP) is 4.07. The first-order valence-corrected chi connectivity index (χ1v) is 8.01. The van der Waals surface area contributed by atoms with Crippen molar-refractivity contribution >= 4 is 23.7 Å². The predicted molar refractivity (Wildman–Crippen MR) is 90.7 cm³/mol. The topological polar surface area (TPSA) is 69.2 Å². The van der Waals surface area contributed by atoms with Crippen LogP contribution in [0, 0.1) is 0 Å². The minimum Gasteiger partial charge on any atom is -0.454 e. The van der Waals surface area contributed by atoms with Gasteiger partial charge in [-0.3, -0.25) is 4.79 Å². The highest BCUT2D eigenvalue weighted by Gasteiger charge is 2.43. The second-order valence-corrected chi connectivity index (χ2v) is 5.82. The summed E-state index contributed by atoms with van der Waals surface area (Å²) in [4.78, 5) is 12.0. The van der Waals surface area contributed by atoms with Crippen molar-refractivity contribution in [3.8, 4) is 17.2 Å². The van der Waals surface area contributed by atoms with Crippen LogP contribution in [0.4, 0.5) is 17.6 Å². The lowest BCUT2D eigenvalue weighted by Gasteiger charge is -2.16. The number of ether oxygens (including phenoxy) is 3. The van der Waals surface area contributed by atoms with Crippen molar-refractivity contribution < 1.29 is 36.6 Å². The first kappa shape index (κ1) is 19.7. The molecule has 0 radical (unpaired) electrons. The fourth-order valence-corrected chi connectivity index (χ4v) is 2.34. The quantitative estimate of drug-likeness (QED) is 0.436. The van der Waals surface area contributed by atoms with E-state index in [1.165, 1.54) is 6.21 Å². The van der Waals surface area contributed by atoms with E-state index in [1.807, 2.05) is 0 Å². The maximum absolute atomic E-state index is 12.8. The number of benzene rings is 2. The molecule has 0 saturated heterocycles. The highest BCUT2D eigenvalue weighted by molar-refractivity contribution is 6.33. The summed E-state index contributed by atoms with van der Waals surface area (Å²) in [7, 11) is 0. The van der Waals surface area contributed by atoms with Gasteiger partial charge in [0, 0.05) is 17.2 Å². The van der Waals surface area contributed by atoms with Crippen molar-refractivity contribution in [3.63, 3.8) is 0 Å². The highest BCUT2D eigenvalue weighted by Crippen LogP contribution is 2.36. The fraction of sp³-hybridized carbons (Fsp3) is 0.176. The molecule has 0 saturated carbocycles. The number of nitrogens with one attached hydrogen (secondary N) is 1. The van der Waals surface area contributed by atoms with Crippen LogP contribution >= 0.6 is 11.6 Å². The van der Waals surface area contributed by atoms with Crippen LogP contribution in [0.1, 0.15) is 15.9 Å². The third-order valence-electron chi connectivity index (χ3n) is 3.49. The van der Waals surface area contributed by atoms with Crippen molar-refractivity contribution in [2.75, 3.05) is 6.79 Å². The molecule has 28 heavy (non-hydrogen) atoms. The zero-order chi connectivity index (χ0) is 20.3. The van der Waals surface area contributed by atoms with Crippen molar-refractivity contribution in [1.29, 1.82) is 0 Å². The maximum Gasteiger partial charge on any atom is 0.461 e. The summed E-state index contributed by atoms with van der Waals surface area (Å²) in [5.41, 5.74) is 2.72. The molecule has 1 heterocycles. The third kappa shape index (κ3) is 4.45. The number of halogens is 5. The van der Waals surface area contributed by atoms with E-state index in [1.54, 1.807) is 12.1 Å². The zero-order valence-electron chi connectivity index (χ0n) is 13.8. The molecule has 1 N–H and O–H groups in total. The summed E-state index contributed by atoms with van der Waals surface area (Å²) in [6.07, 6.45) is -7.33. The van der Waals surface area contributed by atoms with Gasteiger partial charge in [-0.05, 0) is 30.3 Å². The molecule has 0 aromatic heterocycles. The number of fused-ring (bicyclic) bond motifs is 1. The van der Waals surface area contributed by atoms with Gasteiger partial charge in [-0.15, -0.1) is 0 Å². The lowest BCUT2D eigenvalue weighted by Crippen LogP contribution is -2.33. The van der Waals surface area contributed by atoms with E-state index in [9.17, 15) is 22.4 Å². The molecular weight excluding hydrogens is 408 g/mol. The number of hydrogen-bond acceptors (Lipinski definition) is 5. The number of carbonyl (C=O) groups is 1. The summed E-state index contributed by atoms with van der Waals surface area (Å²) >= 11 is 6.06. The van der Waals surface area contributed by atoms with E-state index in [2.05, 4.69) is 15.3 Å². The number of hydrazone groups is 1. The SMILES string of the molecule is O=C(NN=Cc1cc2c(cc1Cl)OCO2)c1ccc(OC(F)(F)C(F)F)cc1. The molecule has 1 aliphatic heterocycles. The summed E-state index contributed by atoms with van der Waals surface area (Å²) < 4.78 is 64.2. The van der Waals surface area contributed by atoms with Gasteiger partial charge in [0.1, 0.15) is 5.75 Å². The molecule has 6 nitrogen and oxygen atoms in total. The second kappa shape index (κ2) is 7.93. The molecule has 3 rings (SSSR count). The van der Waals surface area contributed by atoms with Gasteiger partial charge in [-0.25, -0.2) is 5.43 Å². The number of hydrogen-bond donors (Lipinski definition) is 1. The second-order valence-electron chi connectivity index (χ2n) is 5.42. The lowest BCUT2D eigenvalue weighted by atomic mass is 10.2. The Morgan fingerprint density at radius 2 is 1.86 bits per heavy atom. The Morgan fingerprint density at radius 1 is 1.21 bits per heavy atom. The average Bonchev–Trinajstić information content (AvgIpc) is 3.09. The van der Waals surface area contributed by atoms with Crippen LogP contribution in [0.15, 0.2) is 41.5 Å². The fourth-order valence-electron chi connectivity index (χ4n) is 2.13. The molecule has 2 aromatic carbocycles. The molecular formula is C17H11ClF4N2O4. The number of amides is 1. The van der Waals surface area contributed by atoms with E-state index < -0.39 is 24.2 Å².